The molecule has 0 N–H and O–H groups in total. The summed E-state index contributed by atoms with van der Waals surface area (Å²) in [5.74, 6) is 0. The van der Waals surface area contributed by atoms with E-state index in [2.05, 4.69) is 5.18 Å². The molecule has 0 bridgehead atoms. The zero-order valence-corrected chi connectivity index (χ0v) is 11.0. The van der Waals surface area contributed by atoms with Crippen molar-refractivity contribution in [1.29, 1.82) is 0 Å². The molecule has 0 radical (unpaired) electrons. The maximum Gasteiger partial charge on any atom is 0.297 e. The molecule has 6 nitrogen and oxygen atoms in total. The average Bonchev–Trinajstić information content (AvgIpc) is 2.35. The second-order valence-corrected chi connectivity index (χ2v) is 5.34. The predicted octanol–water partition coefficient (Wildman–Crippen LogP) is 1.48. The molecule has 1 atom stereocenters. The zero-order chi connectivity index (χ0) is 13.6. The average molecular weight is 273 g/mol. The van der Waals surface area contributed by atoms with Gasteiger partial charge in [-0.05, 0) is 19.1 Å². The number of rotatable bonds is 7. The number of benzene rings is 1. The molecule has 1 rings (SSSR count). The molecule has 0 aromatic heterocycles. The smallest absolute Gasteiger partial charge is 0.297 e. The Bertz CT molecular complexity index is 483. The van der Waals surface area contributed by atoms with Crippen molar-refractivity contribution in [3.8, 4) is 0 Å². The van der Waals surface area contributed by atoms with Gasteiger partial charge in [0.15, 0.2) is 0 Å². The minimum absolute atomic E-state index is 0.0713. The molecule has 7 heteroatoms. The Morgan fingerprint density at radius 3 is 2.39 bits per heavy atom. The van der Waals surface area contributed by atoms with Crippen LogP contribution in [0.3, 0.4) is 0 Å². The van der Waals surface area contributed by atoms with E-state index >= 15 is 0 Å². The number of aryl methyl sites for hydroxylation is 1. The molecule has 0 amide bonds. The van der Waals surface area contributed by atoms with Crippen molar-refractivity contribution in [2.75, 3.05) is 20.3 Å². The topological polar surface area (TPSA) is 82.0 Å². The molecule has 0 spiro atoms. The first kappa shape index (κ1) is 14.7. The molecule has 0 aliphatic heterocycles. The lowest BCUT2D eigenvalue weighted by atomic mass is 10.2. The minimum Gasteiger partial charge on any atom is -0.377 e. The van der Waals surface area contributed by atoms with Gasteiger partial charge in [0.05, 0.1) is 11.5 Å². The van der Waals surface area contributed by atoms with Gasteiger partial charge in [-0.3, -0.25) is 4.18 Å². The lowest BCUT2D eigenvalue weighted by Crippen LogP contribution is -2.23. The summed E-state index contributed by atoms with van der Waals surface area (Å²) in [4.78, 5) is 10.1. The van der Waals surface area contributed by atoms with Gasteiger partial charge in [-0.1, -0.05) is 22.9 Å². The fraction of sp³-hybridized carbons (Fsp3) is 0.455. The lowest BCUT2D eigenvalue weighted by molar-refractivity contribution is 0.0667. The van der Waals surface area contributed by atoms with Gasteiger partial charge < -0.3 is 4.74 Å². The molecular formula is C11H15NO5S. The first-order chi connectivity index (χ1) is 8.49. The van der Waals surface area contributed by atoms with Crippen LogP contribution in [0.2, 0.25) is 0 Å². The van der Waals surface area contributed by atoms with Crippen LogP contribution < -0.4 is 0 Å². The number of ether oxygens (including phenoxy) is 1. The number of nitrogens with zero attached hydrogens (tertiary/aromatic N) is 1. The summed E-state index contributed by atoms with van der Waals surface area (Å²) in [5.41, 5.74) is 0.953. The maximum absolute atomic E-state index is 11.8. The molecule has 0 heterocycles. The molecule has 0 aliphatic carbocycles. The van der Waals surface area contributed by atoms with Gasteiger partial charge in [0.1, 0.15) is 12.6 Å². The highest BCUT2D eigenvalue weighted by Gasteiger charge is 2.18. The summed E-state index contributed by atoms with van der Waals surface area (Å²) in [6.45, 7) is 1.46. The van der Waals surface area contributed by atoms with Crippen LogP contribution in [0, 0.1) is 11.8 Å². The molecule has 1 unspecified atom stereocenters. The highest BCUT2D eigenvalue weighted by molar-refractivity contribution is 7.86. The molecule has 18 heavy (non-hydrogen) atoms. The van der Waals surface area contributed by atoms with Crippen LogP contribution in [0.4, 0.5) is 0 Å². The molecule has 100 valence electrons. The van der Waals surface area contributed by atoms with E-state index in [1.54, 1.807) is 12.1 Å². The Labute approximate surface area is 106 Å². The maximum atomic E-state index is 11.8. The molecule has 0 fully saturated rings. The van der Waals surface area contributed by atoms with Crippen LogP contribution >= 0.6 is 0 Å². The fourth-order valence-electron chi connectivity index (χ4n) is 1.22. The minimum atomic E-state index is -3.82. The van der Waals surface area contributed by atoms with Gasteiger partial charge in [0.25, 0.3) is 10.1 Å². The SMILES string of the molecule is COC(CN=O)COS(=O)(=O)c1ccc(C)cc1. The second-order valence-electron chi connectivity index (χ2n) is 3.72. The van der Waals surface area contributed by atoms with E-state index in [1.165, 1.54) is 19.2 Å². The standard InChI is InChI=1S/C11H15NO5S/c1-9-3-5-11(6-4-9)18(14,15)17-8-10(16-2)7-12-13/h3-6,10H,7-8H2,1-2H3. The third-order valence-corrected chi connectivity index (χ3v) is 3.63. The second kappa shape index (κ2) is 6.58. The van der Waals surface area contributed by atoms with Gasteiger partial charge >= 0.3 is 0 Å². The summed E-state index contributed by atoms with van der Waals surface area (Å²) in [6.07, 6.45) is -0.664. The Balaban J connectivity index is 2.70. The summed E-state index contributed by atoms with van der Waals surface area (Å²) in [6, 6.07) is 6.28. The van der Waals surface area contributed by atoms with Crippen molar-refractivity contribution in [3.05, 3.63) is 34.7 Å². The molecular weight excluding hydrogens is 258 g/mol. The molecule has 0 saturated heterocycles. The summed E-state index contributed by atoms with van der Waals surface area (Å²) >= 11 is 0. The Kier molecular flexibility index (Phi) is 5.39. The molecule has 0 aliphatic rings. The fourth-order valence-corrected chi connectivity index (χ4v) is 2.15. The van der Waals surface area contributed by atoms with E-state index in [0.29, 0.717) is 0 Å². The van der Waals surface area contributed by atoms with Crippen LogP contribution in [0.15, 0.2) is 34.3 Å². The molecule has 0 saturated carbocycles. The quantitative estimate of drug-likeness (QED) is 0.555. The first-order valence-corrected chi connectivity index (χ1v) is 6.68. The monoisotopic (exact) mass is 273 g/mol. The van der Waals surface area contributed by atoms with E-state index < -0.39 is 16.2 Å². The first-order valence-electron chi connectivity index (χ1n) is 5.27. The Morgan fingerprint density at radius 2 is 1.89 bits per heavy atom. The third kappa shape index (κ3) is 4.17. The van der Waals surface area contributed by atoms with Gasteiger partial charge in [0.2, 0.25) is 0 Å². The van der Waals surface area contributed by atoms with Crippen molar-refractivity contribution < 1.29 is 17.3 Å². The van der Waals surface area contributed by atoms with Crippen LogP contribution in [0.5, 0.6) is 0 Å². The van der Waals surface area contributed by atoms with Crippen LogP contribution in [0.1, 0.15) is 5.56 Å². The van der Waals surface area contributed by atoms with E-state index in [9.17, 15) is 13.3 Å². The number of hydrogen-bond donors (Lipinski definition) is 0. The van der Waals surface area contributed by atoms with Crippen molar-refractivity contribution in [2.24, 2.45) is 5.18 Å². The Hall–Kier alpha value is -1.31. The van der Waals surface area contributed by atoms with E-state index in [4.69, 9.17) is 8.92 Å². The highest BCUT2D eigenvalue weighted by atomic mass is 32.2. The lowest BCUT2D eigenvalue weighted by Gasteiger charge is -2.12. The van der Waals surface area contributed by atoms with Crippen molar-refractivity contribution >= 4 is 10.1 Å². The molecule has 1 aromatic carbocycles. The molecule has 1 aromatic rings. The van der Waals surface area contributed by atoms with Gasteiger partial charge in [-0.25, -0.2) is 0 Å². The third-order valence-electron chi connectivity index (χ3n) is 2.33. The van der Waals surface area contributed by atoms with Crippen molar-refractivity contribution in [2.45, 2.75) is 17.9 Å². The number of hydrogen-bond acceptors (Lipinski definition) is 6. The number of methoxy groups -OCH3 is 1. The highest BCUT2D eigenvalue weighted by Crippen LogP contribution is 2.13. The van der Waals surface area contributed by atoms with Gasteiger partial charge in [-0.2, -0.15) is 13.3 Å². The summed E-state index contributed by atoms with van der Waals surface area (Å²) < 4.78 is 33.2. The zero-order valence-electron chi connectivity index (χ0n) is 10.2. The van der Waals surface area contributed by atoms with E-state index in [1.807, 2.05) is 6.92 Å². The van der Waals surface area contributed by atoms with Gasteiger partial charge in [0, 0.05) is 7.11 Å². The number of nitroso groups, excluding NO2 is 1. The van der Waals surface area contributed by atoms with E-state index in [-0.39, 0.29) is 18.0 Å². The van der Waals surface area contributed by atoms with Crippen molar-refractivity contribution in [3.63, 3.8) is 0 Å². The van der Waals surface area contributed by atoms with Gasteiger partial charge in [-0.15, -0.1) is 0 Å². The van der Waals surface area contributed by atoms with Crippen molar-refractivity contribution in [1.82, 2.24) is 0 Å². The normalized spacial score (nSPS) is 13.2. The summed E-state index contributed by atoms with van der Waals surface area (Å²) in [5, 5.41) is 2.64. The van der Waals surface area contributed by atoms with Crippen LogP contribution in [-0.4, -0.2) is 34.8 Å². The Morgan fingerprint density at radius 1 is 1.28 bits per heavy atom. The van der Waals surface area contributed by atoms with E-state index in [0.717, 1.165) is 5.56 Å². The largest absolute Gasteiger partial charge is 0.377 e. The van der Waals surface area contributed by atoms with Crippen LogP contribution in [0.25, 0.3) is 0 Å². The predicted molar refractivity (Wildman–Crippen MR) is 65.8 cm³/mol. The van der Waals surface area contributed by atoms with Crippen LogP contribution in [-0.2, 0) is 19.0 Å². The summed E-state index contributed by atoms with van der Waals surface area (Å²) in [7, 11) is -2.47.